The van der Waals surface area contributed by atoms with Crippen molar-refractivity contribution in [2.24, 2.45) is 0 Å². The molecule has 0 aliphatic carbocycles. The van der Waals surface area contributed by atoms with Crippen LogP contribution < -0.4 is 10.6 Å². The summed E-state index contributed by atoms with van der Waals surface area (Å²) < 4.78 is 13.7. The summed E-state index contributed by atoms with van der Waals surface area (Å²) in [5, 5.41) is 5.75. The molecule has 0 aliphatic rings. The highest BCUT2D eigenvalue weighted by Crippen LogP contribution is 2.19. The van der Waals surface area contributed by atoms with Crippen LogP contribution in [-0.2, 0) is 10.5 Å². The second-order valence-corrected chi connectivity index (χ2v) is 7.77. The van der Waals surface area contributed by atoms with Crippen molar-refractivity contribution >= 4 is 29.3 Å². The van der Waals surface area contributed by atoms with Crippen LogP contribution in [0.1, 0.15) is 34.5 Å². The minimum Gasteiger partial charge on any atom is -0.345 e. The molecule has 3 aromatic carbocycles. The fourth-order valence-electron chi connectivity index (χ4n) is 2.94. The molecule has 3 aromatic rings. The molecule has 1 atom stereocenters. The monoisotopic (exact) mass is 422 g/mol. The molecule has 0 aromatic heterocycles. The molecule has 2 N–H and O–H groups in total. The molecule has 0 saturated heterocycles. The van der Waals surface area contributed by atoms with Gasteiger partial charge in [-0.05, 0) is 36.2 Å². The van der Waals surface area contributed by atoms with Gasteiger partial charge in [0.2, 0.25) is 5.91 Å². The molecule has 0 fully saturated rings. The van der Waals surface area contributed by atoms with Gasteiger partial charge in [-0.25, -0.2) is 4.39 Å². The molecule has 0 aliphatic heterocycles. The molecule has 30 heavy (non-hydrogen) atoms. The molecule has 6 heteroatoms. The number of nitrogens with one attached hydrogen (secondary N) is 2. The van der Waals surface area contributed by atoms with Gasteiger partial charge in [0.05, 0.1) is 23.0 Å². The number of carbonyl (C=O) groups excluding carboxylic acids is 2. The van der Waals surface area contributed by atoms with Crippen LogP contribution in [0.25, 0.3) is 0 Å². The second kappa shape index (κ2) is 10.6. The Kier molecular flexibility index (Phi) is 7.63. The first kappa shape index (κ1) is 21.6. The lowest BCUT2D eigenvalue weighted by Crippen LogP contribution is -2.28. The van der Waals surface area contributed by atoms with Crippen LogP contribution in [-0.4, -0.2) is 17.6 Å². The smallest absolute Gasteiger partial charge is 0.253 e. The van der Waals surface area contributed by atoms with Gasteiger partial charge in [0.15, 0.2) is 0 Å². The third-order valence-electron chi connectivity index (χ3n) is 4.54. The van der Waals surface area contributed by atoms with Crippen molar-refractivity contribution in [3.8, 4) is 0 Å². The number of amides is 2. The van der Waals surface area contributed by atoms with Crippen molar-refractivity contribution in [1.82, 2.24) is 5.32 Å². The van der Waals surface area contributed by atoms with Gasteiger partial charge >= 0.3 is 0 Å². The quantitative estimate of drug-likeness (QED) is 0.525. The van der Waals surface area contributed by atoms with Gasteiger partial charge in [0.1, 0.15) is 5.82 Å². The molecule has 0 saturated carbocycles. The standard InChI is InChI=1S/C24H23FN2O2S/c1-17(18-9-3-2-4-10-18)26-24(29)20-12-6-8-14-22(20)27-23(28)16-30-15-19-11-5-7-13-21(19)25/h2-14,17H,15-16H2,1H3,(H,26,29)(H,27,28)/t17-/m1/s1. The number of carbonyl (C=O) groups is 2. The zero-order valence-corrected chi connectivity index (χ0v) is 17.4. The Morgan fingerprint density at radius 1 is 0.933 bits per heavy atom. The average Bonchev–Trinajstić information content (AvgIpc) is 2.76. The van der Waals surface area contributed by atoms with E-state index in [1.807, 2.05) is 37.3 Å². The predicted molar refractivity (Wildman–Crippen MR) is 120 cm³/mol. The molecule has 0 spiro atoms. The maximum Gasteiger partial charge on any atom is 0.253 e. The number of hydrogen-bond acceptors (Lipinski definition) is 3. The number of anilines is 1. The third-order valence-corrected chi connectivity index (χ3v) is 5.52. The van der Waals surface area contributed by atoms with E-state index in [0.29, 0.717) is 22.6 Å². The first-order valence-corrected chi connectivity index (χ1v) is 10.8. The molecule has 2 amide bonds. The van der Waals surface area contributed by atoms with Crippen molar-refractivity contribution in [2.75, 3.05) is 11.1 Å². The lowest BCUT2D eigenvalue weighted by Gasteiger charge is -2.16. The van der Waals surface area contributed by atoms with Gasteiger partial charge in [-0.15, -0.1) is 11.8 Å². The Hall–Kier alpha value is -3.12. The summed E-state index contributed by atoms with van der Waals surface area (Å²) in [5.74, 6) is -0.226. The summed E-state index contributed by atoms with van der Waals surface area (Å²) in [6.45, 7) is 1.91. The van der Waals surface area contributed by atoms with Crippen molar-refractivity contribution in [3.63, 3.8) is 0 Å². The summed E-state index contributed by atoms with van der Waals surface area (Å²) in [6, 6.07) is 22.9. The second-order valence-electron chi connectivity index (χ2n) is 6.78. The highest BCUT2D eigenvalue weighted by atomic mass is 32.2. The minimum atomic E-state index is -0.278. The molecular weight excluding hydrogens is 399 g/mol. The lowest BCUT2D eigenvalue weighted by atomic mass is 10.1. The number of para-hydroxylation sites is 1. The van der Waals surface area contributed by atoms with E-state index in [2.05, 4.69) is 10.6 Å². The van der Waals surface area contributed by atoms with E-state index in [1.165, 1.54) is 17.8 Å². The summed E-state index contributed by atoms with van der Waals surface area (Å²) in [4.78, 5) is 25.1. The highest BCUT2D eigenvalue weighted by Gasteiger charge is 2.16. The van der Waals surface area contributed by atoms with E-state index in [0.717, 1.165) is 5.56 Å². The van der Waals surface area contributed by atoms with Crippen molar-refractivity contribution < 1.29 is 14.0 Å². The lowest BCUT2D eigenvalue weighted by molar-refractivity contribution is -0.113. The molecule has 0 unspecified atom stereocenters. The van der Waals surface area contributed by atoms with Crippen molar-refractivity contribution in [3.05, 3.63) is 101 Å². The van der Waals surface area contributed by atoms with Crippen LogP contribution >= 0.6 is 11.8 Å². The summed E-state index contributed by atoms with van der Waals surface area (Å²) in [7, 11) is 0. The van der Waals surface area contributed by atoms with E-state index in [-0.39, 0.29) is 29.4 Å². The fraction of sp³-hybridized carbons (Fsp3) is 0.167. The molecule has 4 nitrogen and oxygen atoms in total. The van der Waals surface area contributed by atoms with Gasteiger partial charge in [0.25, 0.3) is 5.91 Å². The minimum absolute atomic E-state index is 0.157. The number of thioether (sulfide) groups is 1. The van der Waals surface area contributed by atoms with Crippen LogP contribution in [0.3, 0.4) is 0 Å². The van der Waals surface area contributed by atoms with Crippen LogP contribution in [0, 0.1) is 5.82 Å². The molecular formula is C24H23FN2O2S. The van der Waals surface area contributed by atoms with E-state index in [1.54, 1.807) is 42.5 Å². The Labute approximate surface area is 179 Å². The predicted octanol–water partition coefficient (Wildman–Crippen LogP) is 5.19. The van der Waals surface area contributed by atoms with Gasteiger partial charge in [0, 0.05) is 5.75 Å². The molecule has 0 heterocycles. The SMILES string of the molecule is C[C@@H](NC(=O)c1ccccc1NC(=O)CSCc1ccccc1F)c1ccccc1. The Bertz CT molecular complexity index is 1010. The van der Waals surface area contributed by atoms with Gasteiger partial charge in [-0.1, -0.05) is 60.7 Å². The number of halogens is 1. The number of benzene rings is 3. The number of rotatable bonds is 8. The fourth-order valence-corrected chi connectivity index (χ4v) is 3.76. The van der Waals surface area contributed by atoms with Gasteiger partial charge < -0.3 is 10.6 Å². The molecule has 3 rings (SSSR count). The first-order chi connectivity index (χ1) is 14.5. The Balaban J connectivity index is 1.58. The van der Waals surface area contributed by atoms with E-state index in [4.69, 9.17) is 0 Å². The Morgan fingerprint density at radius 2 is 1.60 bits per heavy atom. The van der Waals surface area contributed by atoms with E-state index < -0.39 is 0 Å². The van der Waals surface area contributed by atoms with E-state index >= 15 is 0 Å². The Morgan fingerprint density at radius 3 is 2.37 bits per heavy atom. The first-order valence-electron chi connectivity index (χ1n) is 9.60. The molecule has 0 bridgehead atoms. The van der Waals surface area contributed by atoms with Crippen LogP contribution in [0.4, 0.5) is 10.1 Å². The topological polar surface area (TPSA) is 58.2 Å². The van der Waals surface area contributed by atoms with Crippen LogP contribution in [0.15, 0.2) is 78.9 Å². The van der Waals surface area contributed by atoms with Crippen molar-refractivity contribution in [1.29, 1.82) is 0 Å². The van der Waals surface area contributed by atoms with Crippen LogP contribution in [0.5, 0.6) is 0 Å². The van der Waals surface area contributed by atoms with Crippen molar-refractivity contribution in [2.45, 2.75) is 18.7 Å². The largest absolute Gasteiger partial charge is 0.345 e. The zero-order valence-electron chi connectivity index (χ0n) is 16.6. The maximum absolute atomic E-state index is 13.7. The summed E-state index contributed by atoms with van der Waals surface area (Å²) >= 11 is 1.32. The third kappa shape index (κ3) is 5.94. The maximum atomic E-state index is 13.7. The van der Waals surface area contributed by atoms with E-state index in [9.17, 15) is 14.0 Å². The molecule has 0 radical (unpaired) electrons. The summed E-state index contributed by atoms with van der Waals surface area (Å²) in [6.07, 6.45) is 0. The highest BCUT2D eigenvalue weighted by molar-refractivity contribution is 7.99. The van der Waals surface area contributed by atoms with Gasteiger partial charge in [-0.3, -0.25) is 9.59 Å². The molecule has 154 valence electrons. The summed E-state index contributed by atoms with van der Waals surface area (Å²) in [5.41, 5.74) is 2.40. The zero-order chi connectivity index (χ0) is 21.3. The normalized spacial score (nSPS) is 11.5. The number of hydrogen-bond donors (Lipinski definition) is 2. The average molecular weight is 423 g/mol. The van der Waals surface area contributed by atoms with Gasteiger partial charge in [-0.2, -0.15) is 0 Å². The van der Waals surface area contributed by atoms with Crippen LogP contribution in [0.2, 0.25) is 0 Å².